The van der Waals surface area contributed by atoms with Gasteiger partial charge in [0.25, 0.3) is 0 Å². The molecule has 2 N–H and O–H groups in total. The average molecular weight is 247 g/mol. The standard InChI is InChI=1S/C12H16F3NO/c1-2-9(7-8-17)16-11-6-4-3-5-10(11)12(13,14)15/h3-6,9,16-17H,2,7-8H2,1H3. The number of halogens is 3. The first-order chi connectivity index (χ1) is 7.99. The van der Waals surface area contributed by atoms with E-state index in [4.69, 9.17) is 5.11 Å². The molecule has 0 bridgehead atoms. The van der Waals surface area contributed by atoms with Crippen LogP contribution in [0.4, 0.5) is 18.9 Å². The van der Waals surface area contributed by atoms with Crippen LogP contribution < -0.4 is 5.32 Å². The predicted molar refractivity (Wildman–Crippen MR) is 60.8 cm³/mol. The monoisotopic (exact) mass is 247 g/mol. The van der Waals surface area contributed by atoms with Crippen molar-refractivity contribution < 1.29 is 18.3 Å². The van der Waals surface area contributed by atoms with Gasteiger partial charge in [-0.3, -0.25) is 0 Å². The molecule has 0 aliphatic carbocycles. The minimum atomic E-state index is -4.36. The molecule has 1 aromatic carbocycles. The number of nitrogens with one attached hydrogen (secondary N) is 1. The summed E-state index contributed by atoms with van der Waals surface area (Å²) in [6, 6.07) is 5.23. The third-order valence-electron chi connectivity index (χ3n) is 2.56. The maximum absolute atomic E-state index is 12.7. The lowest BCUT2D eigenvalue weighted by molar-refractivity contribution is -0.137. The van der Waals surface area contributed by atoms with E-state index in [1.807, 2.05) is 6.92 Å². The first-order valence-electron chi connectivity index (χ1n) is 5.52. The molecule has 0 radical (unpaired) electrons. The van der Waals surface area contributed by atoms with Gasteiger partial charge in [-0.05, 0) is 25.0 Å². The molecule has 0 aliphatic heterocycles. The number of aliphatic hydroxyl groups excluding tert-OH is 1. The molecule has 0 fully saturated rings. The fraction of sp³-hybridized carbons (Fsp3) is 0.500. The van der Waals surface area contributed by atoms with Crippen molar-refractivity contribution >= 4 is 5.69 Å². The van der Waals surface area contributed by atoms with E-state index in [0.717, 1.165) is 6.07 Å². The van der Waals surface area contributed by atoms with Crippen molar-refractivity contribution in [2.75, 3.05) is 11.9 Å². The van der Waals surface area contributed by atoms with E-state index in [9.17, 15) is 13.2 Å². The van der Waals surface area contributed by atoms with Gasteiger partial charge in [-0.15, -0.1) is 0 Å². The van der Waals surface area contributed by atoms with Gasteiger partial charge in [0.15, 0.2) is 0 Å². The third kappa shape index (κ3) is 3.93. The highest BCUT2D eigenvalue weighted by Gasteiger charge is 2.33. The average Bonchev–Trinajstić information content (AvgIpc) is 2.27. The maximum Gasteiger partial charge on any atom is 0.418 e. The highest BCUT2D eigenvalue weighted by Crippen LogP contribution is 2.35. The van der Waals surface area contributed by atoms with Crippen molar-refractivity contribution in [1.82, 2.24) is 0 Å². The smallest absolute Gasteiger partial charge is 0.396 e. The van der Waals surface area contributed by atoms with Crippen molar-refractivity contribution in [2.45, 2.75) is 32.0 Å². The van der Waals surface area contributed by atoms with Gasteiger partial charge in [0.05, 0.1) is 5.56 Å². The summed E-state index contributed by atoms with van der Waals surface area (Å²) in [6.45, 7) is 1.82. The predicted octanol–water partition coefficient (Wildman–Crippen LogP) is 3.28. The van der Waals surface area contributed by atoms with Gasteiger partial charge in [0.1, 0.15) is 0 Å². The van der Waals surface area contributed by atoms with Crippen LogP contribution >= 0.6 is 0 Å². The van der Waals surface area contributed by atoms with Crippen molar-refractivity contribution in [3.8, 4) is 0 Å². The molecule has 1 rings (SSSR count). The highest BCUT2D eigenvalue weighted by atomic mass is 19.4. The molecule has 17 heavy (non-hydrogen) atoms. The lowest BCUT2D eigenvalue weighted by atomic mass is 10.1. The molecule has 0 spiro atoms. The Balaban J connectivity index is 2.90. The van der Waals surface area contributed by atoms with Crippen molar-refractivity contribution in [1.29, 1.82) is 0 Å². The highest BCUT2D eigenvalue weighted by molar-refractivity contribution is 5.53. The molecule has 0 aliphatic rings. The molecular formula is C12H16F3NO. The molecule has 0 saturated carbocycles. The molecular weight excluding hydrogens is 231 g/mol. The Morgan fingerprint density at radius 1 is 1.29 bits per heavy atom. The van der Waals surface area contributed by atoms with Gasteiger partial charge < -0.3 is 10.4 Å². The summed E-state index contributed by atoms with van der Waals surface area (Å²) in [5.74, 6) is 0. The Bertz CT molecular complexity index is 352. The number of hydrogen-bond acceptors (Lipinski definition) is 2. The van der Waals surface area contributed by atoms with E-state index >= 15 is 0 Å². The van der Waals surface area contributed by atoms with E-state index in [2.05, 4.69) is 5.32 Å². The summed E-state index contributed by atoms with van der Waals surface area (Å²) in [5, 5.41) is 11.6. The summed E-state index contributed by atoms with van der Waals surface area (Å²) in [5.41, 5.74) is -0.600. The Labute approximate surface area is 98.5 Å². The number of benzene rings is 1. The van der Waals surface area contributed by atoms with Gasteiger partial charge in [0, 0.05) is 18.3 Å². The van der Waals surface area contributed by atoms with Crippen LogP contribution in [0.5, 0.6) is 0 Å². The fourth-order valence-corrected chi connectivity index (χ4v) is 1.61. The maximum atomic E-state index is 12.7. The van der Waals surface area contributed by atoms with Crippen LogP contribution in [0, 0.1) is 0 Å². The van der Waals surface area contributed by atoms with Crippen molar-refractivity contribution in [3.63, 3.8) is 0 Å². The zero-order valence-electron chi connectivity index (χ0n) is 9.59. The first kappa shape index (κ1) is 13.8. The number of aliphatic hydroxyl groups is 1. The van der Waals surface area contributed by atoms with Crippen LogP contribution in [0.25, 0.3) is 0 Å². The lowest BCUT2D eigenvalue weighted by Gasteiger charge is -2.20. The molecule has 1 aromatic rings. The first-order valence-corrected chi connectivity index (χ1v) is 5.52. The summed E-state index contributed by atoms with van der Waals surface area (Å²) < 4.78 is 38.1. The number of anilines is 1. The Hall–Kier alpha value is -1.23. The van der Waals surface area contributed by atoms with E-state index in [1.165, 1.54) is 12.1 Å². The zero-order valence-corrected chi connectivity index (χ0v) is 9.59. The number of rotatable bonds is 5. The fourth-order valence-electron chi connectivity index (χ4n) is 1.61. The molecule has 0 saturated heterocycles. The van der Waals surface area contributed by atoms with Crippen LogP contribution in [-0.4, -0.2) is 17.8 Å². The summed E-state index contributed by atoms with van der Waals surface area (Å²) in [7, 11) is 0. The number of para-hydroxylation sites is 1. The van der Waals surface area contributed by atoms with Gasteiger partial charge in [0.2, 0.25) is 0 Å². The minimum Gasteiger partial charge on any atom is -0.396 e. The molecule has 0 aromatic heterocycles. The second-order valence-electron chi connectivity index (χ2n) is 3.81. The van der Waals surface area contributed by atoms with Crippen LogP contribution in [0.2, 0.25) is 0 Å². The molecule has 2 nitrogen and oxygen atoms in total. The number of hydrogen-bond donors (Lipinski definition) is 2. The van der Waals surface area contributed by atoms with Gasteiger partial charge in [-0.2, -0.15) is 13.2 Å². The molecule has 96 valence electrons. The molecule has 0 heterocycles. The van der Waals surface area contributed by atoms with Crippen LogP contribution in [0.15, 0.2) is 24.3 Å². The molecule has 1 atom stereocenters. The Morgan fingerprint density at radius 3 is 2.47 bits per heavy atom. The normalized spacial score (nSPS) is 13.5. The SMILES string of the molecule is CCC(CCO)Nc1ccccc1C(F)(F)F. The van der Waals surface area contributed by atoms with E-state index < -0.39 is 11.7 Å². The Kier molecular flexibility index (Phi) is 4.81. The second kappa shape index (κ2) is 5.91. The van der Waals surface area contributed by atoms with Gasteiger partial charge >= 0.3 is 6.18 Å². The van der Waals surface area contributed by atoms with E-state index in [-0.39, 0.29) is 18.3 Å². The quantitative estimate of drug-likeness (QED) is 0.836. The largest absolute Gasteiger partial charge is 0.418 e. The van der Waals surface area contributed by atoms with Crippen LogP contribution in [0.3, 0.4) is 0 Å². The molecule has 0 amide bonds. The summed E-state index contributed by atoms with van der Waals surface area (Å²) >= 11 is 0. The van der Waals surface area contributed by atoms with Crippen molar-refractivity contribution in [2.24, 2.45) is 0 Å². The molecule has 1 unspecified atom stereocenters. The topological polar surface area (TPSA) is 32.3 Å². The number of alkyl halides is 3. The van der Waals surface area contributed by atoms with Crippen LogP contribution in [0.1, 0.15) is 25.3 Å². The minimum absolute atomic E-state index is 0.0420. The summed E-state index contributed by atoms with van der Waals surface area (Å²) in [6.07, 6.45) is -3.27. The van der Waals surface area contributed by atoms with E-state index in [1.54, 1.807) is 6.07 Å². The van der Waals surface area contributed by atoms with Gasteiger partial charge in [-0.1, -0.05) is 19.1 Å². The lowest BCUT2D eigenvalue weighted by Crippen LogP contribution is -2.22. The third-order valence-corrected chi connectivity index (χ3v) is 2.56. The summed E-state index contributed by atoms with van der Waals surface area (Å²) in [4.78, 5) is 0. The zero-order chi connectivity index (χ0) is 12.9. The van der Waals surface area contributed by atoms with E-state index in [0.29, 0.717) is 12.8 Å². The Morgan fingerprint density at radius 2 is 1.94 bits per heavy atom. The van der Waals surface area contributed by atoms with Gasteiger partial charge in [-0.25, -0.2) is 0 Å². The molecule has 5 heteroatoms. The van der Waals surface area contributed by atoms with Crippen molar-refractivity contribution in [3.05, 3.63) is 29.8 Å². The van der Waals surface area contributed by atoms with Crippen LogP contribution in [-0.2, 0) is 6.18 Å². The second-order valence-corrected chi connectivity index (χ2v) is 3.81.